The summed E-state index contributed by atoms with van der Waals surface area (Å²) in [7, 11) is 1.66. The van der Waals surface area contributed by atoms with Crippen LogP contribution in [0.4, 0.5) is 0 Å². The molecule has 0 spiro atoms. The highest BCUT2D eigenvalue weighted by Crippen LogP contribution is 2.39. The van der Waals surface area contributed by atoms with Gasteiger partial charge in [0, 0.05) is 25.6 Å². The number of methoxy groups -OCH3 is 1. The van der Waals surface area contributed by atoms with E-state index in [-0.39, 0.29) is 23.7 Å². The first-order valence-corrected chi connectivity index (χ1v) is 10.4. The zero-order valence-corrected chi connectivity index (χ0v) is 17.1. The van der Waals surface area contributed by atoms with E-state index in [4.69, 9.17) is 4.74 Å². The first-order valence-electron chi connectivity index (χ1n) is 10.4. The van der Waals surface area contributed by atoms with E-state index in [0.29, 0.717) is 32.0 Å². The van der Waals surface area contributed by atoms with E-state index in [2.05, 4.69) is 24.4 Å². The van der Waals surface area contributed by atoms with Gasteiger partial charge in [-0.15, -0.1) is 0 Å². The molecular weight excluding hydrogens is 364 g/mol. The number of rotatable bonds is 5. The van der Waals surface area contributed by atoms with Crippen LogP contribution in [0.1, 0.15) is 18.9 Å². The molecule has 1 heterocycles. The van der Waals surface area contributed by atoms with Crippen LogP contribution < -0.4 is 10.1 Å². The lowest BCUT2D eigenvalue weighted by Gasteiger charge is -2.24. The van der Waals surface area contributed by atoms with Gasteiger partial charge in [0.2, 0.25) is 11.8 Å². The van der Waals surface area contributed by atoms with Crippen LogP contribution in [-0.2, 0) is 16.0 Å². The molecule has 1 aliphatic heterocycles. The fourth-order valence-electron chi connectivity index (χ4n) is 4.17. The molecule has 0 bridgehead atoms. The Labute approximate surface area is 172 Å². The summed E-state index contributed by atoms with van der Waals surface area (Å²) in [4.78, 5) is 27.3. The Hall–Kier alpha value is -2.82. The van der Waals surface area contributed by atoms with Gasteiger partial charge in [0.15, 0.2) is 0 Å². The molecule has 0 radical (unpaired) electrons. The van der Waals surface area contributed by atoms with Gasteiger partial charge in [-0.3, -0.25) is 9.59 Å². The van der Waals surface area contributed by atoms with Crippen LogP contribution in [0.25, 0.3) is 11.1 Å². The predicted molar refractivity (Wildman–Crippen MR) is 112 cm³/mol. The van der Waals surface area contributed by atoms with Gasteiger partial charge in [-0.25, -0.2) is 0 Å². The third-order valence-electron chi connectivity index (χ3n) is 6.12. The summed E-state index contributed by atoms with van der Waals surface area (Å²) >= 11 is 0. The average Bonchev–Trinajstić information content (AvgIpc) is 3.51. The quantitative estimate of drug-likeness (QED) is 0.851. The molecule has 1 saturated carbocycles. The Morgan fingerprint density at radius 2 is 1.90 bits per heavy atom. The largest absolute Gasteiger partial charge is 0.497 e. The van der Waals surface area contributed by atoms with Crippen molar-refractivity contribution >= 4 is 11.8 Å². The summed E-state index contributed by atoms with van der Waals surface area (Å²) < 4.78 is 5.26. The number of hydrogen-bond acceptors (Lipinski definition) is 3. The molecule has 2 amide bonds. The summed E-state index contributed by atoms with van der Waals surface area (Å²) in [6.45, 7) is 3.74. The molecule has 2 aromatic carbocycles. The van der Waals surface area contributed by atoms with Crippen LogP contribution in [-0.4, -0.2) is 43.5 Å². The van der Waals surface area contributed by atoms with Gasteiger partial charge in [0.1, 0.15) is 5.75 Å². The molecule has 2 aromatic rings. The molecule has 29 heavy (non-hydrogen) atoms. The van der Waals surface area contributed by atoms with E-state index >= 15 is 0 Å². The van der Waals surface area contributed by atoms with Gasteiger partial charge >= 0.3 is 0 Å². The van der Waals surface area contributed by atoms with E-state index in [0.717, 1.165) is 28.9 Å². The van der Waals surface area contributed by atoms with Crippen LogP contribution in [0.15, 0.2) is 48.5 Å². The standard InChI is InChI=1S/C24H28N2O3/c1-16-13-22(16)24(28)26-12-11-25-23(27)19(15-26)14-18-5-3-4-6-21(18)17-7-9-20(29-2)10-8-17/h3-10,16,19,22H,11-15H2,1-2H3,(H,25,27)/t16-,19+,22+/m0/s1. The van der Waals surface area contributed by atoms with Crippen molar-refractivity contribution in [3.05, 3.63) is 54.1 Å². The second kappa shape index (κ2) is 8.27. The number of carbonyl (C=O) groups is 2. The van der Waals surface area contributed by atoms with Gasteiger partial charge < -0.3 is 15.0 Å². The lowest BCUT2D eigenvalue weighted by molar-refractivity contribution is -0.133. The highest BCUT2D eigenvalue weighted by Gasteiger charge is 2.42. The second-order valence-electron chi connectivity index (χ2n) is 8.18. The molecule has 1 N–H and O–H groups in total. The fourth-order valence-corrected chi connectivity index (χ4v) is 4.17. The van der Waals surface area contributed by atoms with Crippen LogP contribution >= 0.6 is 0 Å². The minimum absolute atomic E-state index is 0.0358. The van der Waals surface area contributed by atoms with Crippen molar-refractivity contribution < 1.29 is 14.3 Å². The second-order valence-corrected chi connectivity index (χ2v) is 8.18. The minimum Gasteiger partial charge on any atom is -0.497 e. The Bertz CT molecular complexity index is 893. The van der Waals surface area contributed by atoms with E-state index in [1.807, 2.05) is 41.3 Å². The Morgan fingerprint density at radius 3 is 2.59 bits per heavy atom. The van der Waals surface area contributed by atoms with Gasteiger partial charge in [0.25, 0.3) is 0 Å². The van der Waals surface area contributed by atoms with Crippen molar-refractivity contribution in [1.82, 2.24) is 10.2 Å². The molecule has 2 fully saturated rings. The molecule has 0 unspecified atom stereocenters. The SMILES string of the molecule is COc1ccc(-c2ccccc2C[C@@H]2CN(C(=O)[C@@H]3C[C@@H]3C)CCNC2=O)cc1. The summed E-state index contributed by atoms with van der Waals surface area (Å²) in [6.07, 6.45) is 1.58. The molecule has 3 atom stereocenters. The normalized spacial score (nSPS) is 23.9. The monoisotopic (exact) mass is 392 g/mol. The fraction of sp³-hybridized carbons (Fsp3) is 0.417. The van der Waals surface area contributed by atoms with Crippen molar-refractivity contribution in [2.75, 3.05) is 26.7 Å². The number of ether oxygens (including phenoxy) is 1. The Kier molecular flexibility index (Phi) is 5.56. The summed E-state index contributed by atoms with van der Waals surface area (Å²) in [5.74, 6) is 1.45. The van der Waals surface area contributed by atoms with Gasteiger partial charge in [-0.2, -0.15) is 0 Å². The number of carbonyl (C=O) groups excluding carboxylic acids is 2. The summed E-state index contributed by atoms with van der Waals surface area (Å²) in [5.41, 5.74) is 3.32. The number of nitrogens with zero attached hydrogens (tertiary/aromatic N) is 1. The van der Waals surface area contributed by atoms with Crippen LogP contribution in [0.5, 0.6) is 5.75 Å². The number of benzene rings is 2. The topological polar surface area (TPSA) is 58.6 Å². The van der Waals surface area contributed by atoms with E-state index in [1.54, 1.807) is 7.11 Å². The van der Waals surface area contributed by atoms with Crippen LogP contribution in [0.2, 0.25) is 0 Å². The maximum Gasteiger partial charge on any atom is 0.226 e. The number of nitrogens with one attached hydrogen (secondary N) is 1. The molecule has 1 saturated heterocycles. The molecule has 2 aliphatic rings. The van der Waals surface area contributed by atoms with E-state index in [9.17, 15) is 9.59 Å². The van der Waals surface area contributed by atoms with E-state index in [1.165, 1.54) is 0 Å². The molecule has 152 valence electrons. The van der Waals surface area contributed by atoms with Crippen LogP contribution in [0.3, 0.4) is 0 Å². The zero-order chi connectivity index (χ0) is 20.4. The van der Waals surface area contributed by atoms with Crippen molar-refractivity contribution in [3.8, 4) is 16.9 Å². The number of hydrogen-bond donors (Lipinski definition) is 1. The minimum atomic E-state index is -0.241. The molecule has 1 aliphatic carbocycles. The lowest BCUT2D eigenvalue weighted by Crippen LogP contribution is -2.38. The van der Waals surface area contributed by atoms with Crippen molar-refractivity contribution in [2.45, 2.75) is 19.8 Å². The Morgan fingerprint density at radius 1 is 1.17 bits per heavy atom. The number of amides is 2. The van der Waals surface area contributed by atoms with E-state index < -0.39 is 0 Å². The zero-order valence-electron chi connectivity index (χ0n) is 17.1. The molecule has 0 aromatic heterocycles. The predicted octanol–water partition coefficient (Wildman–Crippen LogP) is 3.14. The summed E-state index contributed by atoms with van der Waals surface area (Å²) in [6, 6.07) is 16.1. The van der Waals surface area contributed by atoms with Crippen molar-refractivity contribution in [3.63, 3.8) is 0 Å². The lowest BCUT2D eigenvalue weighted by atomic mass is 9.91. The van der Waals surface area contributed by atoms with Crippen molar-refractivity contribution in [2.24, 2.45) is 17.8 Å². The maximum atomic E-state index is 12.8. The summed E-state index contributed by atoms with van der Waals surface area (Å²) in [5, 5.41) is 3.00. The van der Waals surface area contributed by atoms with Gasteiger partial charge in [-0.1, -0.05) is 43.3 Å². The average molecular weight is 392 g/mol. The Balaban J connectivity index is 1.55. The maximum absolute atomic E-state index is 12.8. The molecular formula is C24H28N2O3. The third-order valence-corrected chi connectivity index (χ3v) is 6.12. The van der Waals surface area contributed by atoms with Crippen LogP contribution in [0, 0.1) is 17.8 Å². The molecule has 4 rings (SSSR count). The third kappa shape index (κ3) is 4.29. The first-order chi connectivity index (χ1) is 14.1. The highest BCUT2D eigenvalue weighted by molar-refractivity contribution is 5.84. The highest BCUT2D eigenvalue weighted by atomic mass is 16.5. The molecule has 5 heteroatoms. The first kappa shape index (κ1) is 19.5. The smallest absolute Gasteiger partial charge is 0.226 e. The van der Waals surface area contributed by atoms with Crippen molar-refractivity contribution in [1.29, 1.82) is 0 Å². The van der Waals surface area contributed by atoms with Gasteiger partial charge in [0.05, 0.1) is 13.0 Å². The van der Waals surface area contributed by atoms with Gasteiger partial charge in [-0.05, 0) is 47.6 Å². The molecule has 5 nitrogen and oxygen atoms in total.